The molecular weight excluding hydrogens is 379 g/mol. The molecule has 146 valence electrons. The van der Waals surface area contributed by atoms with E-state index >= 15 is 0 Å². The van der Waals surface area contributed by atoms with Crippen molar-refractivity contribution in [3.8, 4) is 0 Å². The van der Waals surface area contributed by atoms with E-state index in [-0.39, 0.29) is 29.2 Å². The maximum absolute atomic E-state index is 13.6. The standard InChI is InChI=1S/C20H21FN4O2S/c1-4-24(2)20-22-17-12-14(21)7-10-16(17)19(27)25(20)23-18(26)11-13-5-8-15(28-3)9-6-13/h5-10,12H,4,11H2,1-3H3,(H,23,26). The molecule has 3 aromatic rings. The van der Waals surface area contributed by atoms with Crippen LogP contribution in [0.25, 0.3) is 10.9 Å². The molecule has 0 atom stereocenters. The van der Waals surface area contributed by atoms with Gasteiger partial charge < -0.3 is 4.90 Å². The highest BCUT2D eigenvalue weighted by molar-refractivity contribution is 7.98. The van der Waals surface area contributed by atoms with Crippen LogP contribution < -0.4 is 15.9 Å². The number of hydrogen-bond donors (Lipinski definition) is 1. The lowest BCUT2D eigenvalue weighted by atomic mass is 10.1. The average Bonchev–Trinajstić information content (AvgIpc) is 2.69. The summed E-state index contributed by atoms with van der Waals surface area (Å²) in [5, 5.41) is 0.235. The molecule has 0 spiro atoms. The van der Waals surface area contributed by atoms with Gasteiger partial charge in [-0.1, -0.05) is 12.1 Å². The Bertz CT molecular complexity index is 1070. The first-order valence-electron chi connectivity index (χ1n) is 8.79. The molecule has 1 N–H and O–H groups in total. The first-order valence-corrected chi connectivity index (χ1v) is 10.0. The third-order valence-corrected chi connectivity index (χ3v) is 5.13. The molecular formula is C20H21FN4O2S. The maximum atomic E-state index is 13.6. The van der Waals surface area contributed by atoms with Crippen LogP contribution in [0, 0.1) is 5.82 Å². The summed E-state index contributed by atoms with van der Waals surface area (Å²) in [7, 11) is 1.75. The predicted molar refractivity (Wildman–Crippen MR) is 111 cm³/mol. The van der Waals surface area contributed by atoms with Crippen LogP contribution in [0.2, 0.25) is 0 Å². The minimum absolute atomic E-state index is 0.123. The van der Waals surface area contributed by atoms with E-state index < -0.39 is 11.4 Å². The van der Waals surface area contributed by atoms with Gasteiger partial charge in [-0.2, -0.15) is 4.68 Å². The summed E-state index contributed by atoms with van der Waals surface area (Å²) in [4.78, 5) is 32.7. The summed E-state index contributed by atoms with van der Waals surface area (Å²) in [5.74, 6) is -0.565. The van der Waals surface area contributed by atoms with E-state index in [2.05, 4.69) is 10.4 Å². The number of halogens is 1. The zero-order chi connectivity index (χ0) is 20.3. The summed E-state index contributed by atoms with van der Waals surface area (Å²) in [6.07, 6.45) is 2.11. The van der Waals surface area contributed by atoms with Gasteiger partial charge in [0.1, 0.15) is 5.82 Å². The molecule has 0 bridgehead atoms. The van der Waals surface area contributed by atoms with Crippen molar-refractivity contribution in [1.82, 2.24) is 9.66 Å². The topological polar surface area (TPSA) is 67.2 Å². The number of benzene rings is 2. The molecule has 28 heavy (non-hydrogen) atoms. The van der Waals surface area contributed by atoms with Gasteiger partial charge in [-0.25, -0.2) is 9.37 Å². The van der Waals surface area contributed by atoms with Crippen molar-refractivity contribution >= 4 is 34.5 Å². The lowest BCUT2D eigenvalue weighted by molar-refractivity contribution is -0.116. The third kappa shape index (κ3) is 4.17. The second-order valence-electron chi connectivity index (χ2n) is 6.29. The summed E-state index contributed by atoms with van der Waals surface area (Å²) in [5.41, 5.74) is 3.27. The van der Waals surface area contributed by atoms with E-state index in [1.807, 2.05) is 37.4 Å². The van der Waals surface area contributed by atoms with Gasteiger partial charge >= 0.3 is 0 Å². The molecule has 8 heteroatoms. The molecule has 0 saturated heterocycles. The summed E-state index contributed by atoms with van der Waals surface area (Å²) >= 11 is 1.62. The van der Waals surface area contributed by atoms with E-state index in [1.165, 1.54) is 18.2 Å². The normalized spacial score (nSPS) is 10.9. The highest BCUT2D eigenvalue weighted by Gasteiger charge is 2.16. The van der Waals surface area contributed by atoms with Crippen molar-refractivity contribution in [1.29, 1.82) is 0 Å². The van der Waals surface area contributed by atoms with Crippen molar-refractivity contribution in [2.24, 2.45) is 0 Å². The van der Waals surface area contributed by atoms with Crippen molar-refractivity contribution in [3.63, 3.8) is 0 Å². The van der Waals surface area contributed by atoms with E-state index in [0.29, 0.717) is 6.54 Å². The number of nitrogens with one attached hydrogen (secondary N) is 1. The van der Waals surface area contributed by atoms with Crippen LogP contribution in [0.4, 0.5) is 10.3 Å². The van der Waals surface area contributed by atoms with Crippen molar-refractivity contribution in [3.05, 3.63) is 64.2 Å². The monoisotopic (exact) mass is 400 g/mol. The van der Waals surface area contributed by atoms with Gasteiger partial charge in [-0.15, -0.1) is 11.8 Å². The number of nitrogens with zero attached hydrogens (tertiary/aromatic N) is 3. The molecule has 0 aliphatic rings. The fourth-order valence-corrected chi connectivity index (χ4v) is 3.15. The van der Waals surface area contributed by atoms with E-state index in [9.17, 15) is 14.0 Å². The molecule has 0 aliphatic carbocycles. The second kappa shape index (κ2) is 8.43. The van der Waals surface area contributed by atoms with Gasteiger partial charge in [0, 0.05) is 24.6 Å². The van der Waals surface area contributed by atoms with Crippen LogP contribution in [0.3, 0.4) is 0 Å². The number of amides is 1. The van der Waals surface area contributed by atoms with Crippen molar-refractivity contribution in [2.45, 2.75) is 18.2 Å². The van der Waals surface area contributed by atoms with Crippen LogP contribution in [-0.2, 0) is 11.2 Å². The number of fused-ring (bicyclic) bond motifs is 1. The van der Waals surface area contributed by atoms with Crippen molar-refractivity contribution < 1.29 is 9.18 Å². The Hall–Kier alpha value is -2.87. The summed E-state index contributed by atoms with van der Waals surface area (Å²) in [6, 6.07) is 11.4. The summed E-state index contributed by atoms with van der Waals surface area (Å²) < 4.78 is 14.7. The van der Waals surface area contributed by atoms with E-state index in [1.54, 1.807) is 23.7 Å². The Morgan fingerprint density at radius 2 is 1.96 bits per heavy atom. The average molecular weight is 400 g/mol. The van der Waals surface area contributed by atoms with Gasteiger partial charge in [0.2, 0.25) is 11.9 Å². The Morgan fingerprint density at radius 1 is 1.25 bits per heavy atom. The molecule has 0 radical (unpaired) electrons. The number of rotatable bonds is 6. The van der Waals surface area contributed by atoms with Crippen LogP contribution in [-0.4, -0.2) is 35.4 Å². The molecule has 1 aromatic heterocycles. The third-order valence-electron chi connectivity index (χ3n) is 4.39. The SMILES string of the molecule is CCN(C)c1nc2cc(F)ccc2c(=O)n1NC(=O)Cc1ccc(SC)cc1. The van der Waals surface area contributed by atoms with Crippen molar-refractivity contribution in [2.75, 3.05) is 30.2 Å². The highest BCUT2D eigenvalue weighted by atomic mass is 32.2. The molecule has 2 aromatic carbocycles. The number of carbonyl (C=O) groups is 1. The Kier molecular flexibility index (Phi) is 5.99. The number of carbonyl (C=O) groups excluding carboxylic acids is 1. The second-order valence-corrected chi connectivity index (χ2v) is 7.17. The Labute approximate surface area is 166 Å². The van der Waals surface area contributed by atoms with Gasteiger partial charge in [-0.3, -0.25) is 15.0 Å². The quantitative estimate of drug-likeness (QED) is 0.645. The highest BCUT2D eigenvalue weighted by Crippen LogP contribution is 2.16. The molecule has 0 saturated carbocycles. The van der Waals surface area contributed by atoms with Gasteiger partial charge in [0.25, 0.3) is 5.56 Å². The Balaban J connectivity index is 1.95. The zero-order valence-electron chi connectivity index (χ0n) is 15.9. The zero-order valence-corrected chi connectivity index (χ0v) is 16.7. The van der Waals surface area contributed by atoms with Gasteiger partial charge in [-0.05, 0) is 43.0 Å². The largest absolute Gasteiger partial charge is 0.344 e. The lowest BCUT2D eigenvalue weighted by Gasteiger charge is -2.21. The minimum Gasteiger partial charge on any atom is -0.344 e. The lowest BCUT2D eigenvalue weighted by Crippen LogP contribution is -2.39. The first kappa shape index (κ1) is 19.9. The van der Waals surface area contributed by atoms with Gasteiger partial charge in [0.15, 0.2) is 0 Å². The molecule has 1 heterocycles. The van der Waals surface area contributed by atoms with E-state index in [4.69, 9.17) is 0 Å². The van der Waals surface area contributed by atoms with Crippen LogP contribution >= 0.6 is 11.8 Å². The molecule has 0 fully saturated rings. The molecule has 0 unspecified atom stereocenters. The Morgan fingerprint density at radius 3 is 2.61 bits per heavy atom. The molecule has 3 rings (SSSR count). The molecule has 1 amide bonds. The predicted octanol–water partition coefficient (Wildman–Crippen LogP) is 3.03. The number of hydrogen-bond acceptors (Lipinski definition) is 5. The fraction of sp³-hybridized carbons (Fsp3) is 0.250. The van der Waals surface area contributed by atoms with E-state index in [0.717, 1.165) is 15.1 Å². The minimum atomic E-state index is -0.472. The molecule has 6 nitrogen and oxygen atoms in total. The van der Waals surface area contributed by atoms with Gasteiger partial charge in [0.05, 0.1) is 17.3 Å². The maximum Gasteiger partial charge on any atom is 0.281 e. The van der Waals surface area contributed by atoms with Crippen LogP contribution in [0.15, 0.2) is 52.2 Å². The van der Waals surface area contributed by atoms with Crippen LogP contribution in [0.5, 0.6) is 0 Å². The number of thioether (sulfide) groups is 1. The molecule has 0 aliphatic heterocycles. The fourth-order valence-electron chi connectivity index (χ4n) is 2.74. The number of aromatic nitrogens is 2. The summed E-state index contributed by atoms with van der Waals surface area (Å²) in [6.45, 7) is 2.45. The van der Waals surface area contributed by atoms with Crippen LogP contribution in [0.1, 0.15) is 12.5 Å². The smallest absolute Gasteiger partial charge is 0.281 e. The first-order chi connectivity index (χ1) is 13.4. The number of anilines is 1.